The Morgan fingerprint density at radius 3 is 2.60 bits per heavy atom. The van der Waals surface area contributed by atoms with Crippen LogP contribution in [0.5, 0.6) is 0 Å². The number of aryl methyl sites for hydroxylation is 1. The van der Waals surface area contributed by atoms with E-state index in [2.05, 4.69) is 57.2 Å². The quantitative estimate of drug-likeness (QED) is 0.673. The molecule has 0 atom stereocenters. The fourth-order valence-electron chi connectivity index (χ4n) is 2.07. The molecule has 0 spiro atoms. The van der Waals surface area contributed by atoms with Crippen molar-refractivity contribution in [2.45, 2.75) is 27.2 Å². The normalized spacial score (nSPS) is 11.2. The summed E-state index contributed by atoms with van der Waals surface area (Å²) in [4.78, 5) is 0. The lowest BCUT2D eigenvalue weighted by Crippen LogP contribution is -1.95. The van der Waals surface area contributed by atoms with E-state index >= 15 is 0 Å². The van der Waals surface area contributed by atoms with Crippen LogP contribution in [0.4, 0.5) is 0 Å². The molecule has 78 valence electrons. The van der Waals surface area contributed by atoms with Gasteiger partial charge >= 0.3 is 0 Å². The van der Waals surface area contributed by atoms with E-state index in [4.69, 9.17) is 0 Å². The first-order valence-electron chi connectivity index (χ1n) is 5.65. The number of benzene rings is 2. The van der Waals surface area contributed by atoms with Gasteiger partial charge in [-0.1, -0.05) is 55.8 Å². The average Bonchev–Trinajstić information content (AvgIpc) is 2.18. The Labute approximate surface area is 91.9 Å². The summed E-state index contributed by atoms with van der Waals surface area (Å²) in [5, 5.41) is 2.78. The van der Waals surface area contributed by atoms with E-state index in [9.17, 15) is 0 Å². The minimum absolute atomic E-state index is 0.719. The highest BCUT2D eigenvalue weighted by atomic mass is 14.1. The lowest BCUT2D eigenvalue weighted by molar-refractivity contribution is 0.650. The standard InChI is InChI=1S/C15H18/c1-11(2)9-14-6-4-5-13-8-7-12(3)10-15(13)14/h4-8,10-11H,9H2,1-3H3. The summed E-state index contributed by atoms with van der Waals surface area (Å²) in [5.74, 6) is 0.719. The Morgan fingerprint density at radius 1 is 1.07 bits per heavy atom. The largest absolute Gasteiger partial charge is 0.0625 e. The maximum atomic E-state index is 2.30. The smallest absolute Gasteiger partial charge is 0.0149 e. The van der Waals surface area contributed by atoms with E-state index in [-0.39, 0.29) is 0 Å². The first-order chi connectivity index (χ1) is 7.16. The van der Waals surface area contributed by atoms with E-state index in [1.165, 1.54) is 28.3 Å². The molecule has 0 aliphatic heterocycles. The monoisotopic (exact) mass is 198 g/mol. The van der Waals surface area contributed by atoms with Gasteiger partial charge in [0.15, 0.2) is 0 Å². The fourth-order valence-corrected chi connectivity index (χ4v) is 2.07. The summed E-state index contributed by atoms with van der Waals surface area (Å²) < 4.78 is 0. The molecule has 0 aliphatic rings. The third-order valence-electron chi connectivity index (χ3n) is 2.76. The average molecular weight is 198 g/mol. The van der Waals surface area contributed by atoms with Gasteiger partial charge in [-0.05, 0) is 35.6 Å². The molecule has 0 heteroatoms. The Bertz CT molecular complexity index is 466. The van der Waals surface area contributed by atoms with Crippen molar-refractivity contribution in [2.75, 3.05) is 0 Å². The van der Waals surface area contributed by atoms with Crippen molar-refractivity contribution in [3.63, 3.8) is 0 Å². The molecule has 0 nitrogen and oxygen atoms in total. The lowest BCUT2D eigenvalue weighted by Gasteiger charge is -2.09. The van der Waals surface area contributed by atoms with Crippen molar-refractivity contribution in [3.05, 3.63) is 47.5 Å². The second-order valence-electron chi connectivity index (χ2n) is 4.74. The van der Waals surface area contributed by atoms with Crippen LogP contribution >= 0.6 is 0 Å². The lowest BCUT2D eigenvalue weighted by atomic mass is 9.96. The third-order valence-corrected chi connectivity index (χ3v) is 2.76. The van der Waals surface area contributed by atoms with Gasteiger partial charge in [0.05, 0.1) is 0 Å². The van der Waals surface area contributed by atoms with Crippen LogP contribution in [0.1, 0.15) is 25.0 Å². The van der Waals surface area contributed by atoms with Crippen LogP contribution in [0.2, 0.25) is 0 Å². The molecule has 0 saturated carbocycles. The van der Waals surface area contributed by atoms with E-state index < -0.39 is 0 Å². The number of fused-ring (bicyclic) bond motifs is 1. The molecule has 0 radical (unpaired) electrons. The molecule has 0 heterocycles. The molecule has 0 aromatic heterocycles. The summed E-state index contributed by atoms with van der Waals surface area (Å²) in [6.45, 7) is 6.70. The van der Waals surface area contributed by atoms with Crippen molar-refractivity contribution < 1.29 is 0 Å². The van der Waals surface area contributed by atoms with Gasteiger partial charge in [0.25, 0.3) is 0 Å². The zero-order chi connectivity index (χ0) is 10.8. The van der Waals surface area contributed by atoms with Crippen LogP contribution < -0.4 is 0 Å². The van der Waals surface area contributed by atoms with Gasteiger partial charge in [-0.25, -0.2) is 0 Å². The van der Waals surface area contributed by atoms with Gasteiger partial charge in [-0.2, -0.15) is 0 Å². The van der Waals surface area contributed by atoms with Crippen LogP contribution in [0.25, 0.3) is 10.8 Å². The number of rotatable bonds is 2. The van der Waals surface area contributed by atoms with E-state index in [0.717, 1.165) is 5.92 Å². The molecule has 2 rings (SSSR count). The molecular weight excluding hydrogens is 180 g/mol. The van der Waals surface area contributed by atoms with Crippen LogP contribution in [-0.2, 0) is 6.42 Å². The summed E-state index contributed by atoms with van der Waals surface area (Å²) in [6.07, 6.45) is 1.17. The number of hydrogen-bond donors (Lipinski definition) is 0. The Kier molecular flexibility index (Phi) is 2.77. The van der Waals surface area contributed by atoms with E-state index in [1.807, 2.05) is 0 Å². The van der Waals surface area contributed by atoms with Gasteiger partial charge in [0.1, 0.15) is 0 Å². The van der Waals surface area contributed by atoms with Crippen molar-refractivity contribution >= 4 is 10.8 Å². The van der Waals surface area contributed by atoms with Crippen LogP contribution in [-0.4, -0.2) is 0 Å². The molecule has 2 aromatic carbocycles. The zero-order valence-corrected chi connectivity index (χ0v) is 9.75. The maximum absolute atomic E-state index is 2.30. The maximum Gasteiger partial charge on any atom is -0.0149 e. The summed E-state index contributed by atoms with van der Waals surface area (Å²) in [7, 11) is 0. The highest BCUT2D eigenvalue weighted by Crippen LogP contribution is 2.22. The van der Waals surface area contributed by atoms with Gasteiger partial charge < -0.3 is 0 Å². The van der Waals surface area contributed by atoms with Crippen molar-refractivity contribution in [2.24, 2.45) is 5.92 Å². The van der Waals surface area contributed by atoms with Gasteiger partial charge in [0.2, 0.25) is 0 Å². The number of hydrogen-bond acceptors (Lipinski definition) is 0. The highest BCUT2D eigenvalue weighted by molar-refractivity contribution is 5.86. The first kappa shape index (κ1) is 10.2. The zero-order valence-electron chi connectivity index (χ0n) is 9.75. The second kappa shape index (κ2) is 4.06. The van der Waals surface area contributed by atoms with E-state index in [0.29, 0.717) is 0 Å². The topological polar surface area (TPSA) is 0 Å². The van der Waals surface area contributed by atoms with Crippen LogP contribution in [0.15, 0.2) is 36.4 Å². The Hall–Kier alpha value is -1.30. The van der Waals surface area contributed by atoms with Gasteiger partial charge in [-0.15, -0.1) is 0 Å². The predicted molar refractivity (Wildman–Crippen MR) is 67.2 cm³/mol. The molecule has 2 aromatic rings. The summed E-state index contributed by atoms with van der Waals surface area (Å²) >= 11 is 0. The van der Waals surface area contributed by atoms with Gasteiger partial charge in [-0.3, -0.25) is 0 Å². The summed E-state index contributed by atoms with van der Waals surface area (Å²) in [5.41, 5.74) is 2.82. The van der Waals surface area contributed by atoms with E-state index in [1.54, 1.807) is 0 Å². The fraction of sp³-hybridized carbons (Fsp3) is 0.333. The molecule has 0 amide bonds. The Morgan fingerprint density at radius 2 is 1.87 bits per heavy atom. The predicted octanol–water partition coefficient (Wildman–Crippen LogP) is 4.35. The minimum atomic E-state index is 0.719. The third kappa shape index (κ3) is 2.20. The molecule has 0 aliphatic carbocycles. The Balaban J connectivity index is 2.58. The molecule has 0 saturated heterocycles. The molecule has 0 N–H and O–H groups in total. The molecule has 0 bridgehead atoms. The van der Waals surface area contributed by atoms with Crippen LogP contribution in [0.3, 0.4) is 0 Å². The molecular formula is C15H18. The second-order valence-corrected chi connectivity index (χ2v) is 4.74. The SMILES string of the molecule is Cc1ccc2cccc(CC(C)C)c2c1. The minimum Gasteiger partial charge on any atom is -0.0625 e. The highest BCUT2D eigenvalue weighted by Gasteiger charge is 2.03. The van der Waals surface area contributed by atoms with Gasteiger partial charge in [0, 0.05) is 0 Å². The molecule has 0 fully saturated rings. The molecule has 15 heavy (non-hydrogen) atoms. The molecule has 0 unspecified atom stereocenters. The van der Waals surface area contributed by atoms with Crippen molar-refractivity contribution in [3.8, 4) is 0 Å². The van der Waals surface area contributed by atoms with Crippen molar-refractivity contribution in [1.29, 1.82) is 0 Å². The first-order valence-corrected chi connectivity index (χ1v) is 5.65. The summed E-state index contributed by atoms with van der Waals surface area (Å²) in [6, 6.07) is 13.3. The van der Waals surface area contributed by atoms with Crippen molar-refractivity contribution in [1.82, 2.24) is 0 Å². The van der Waals surface area contributed by atoms with Crippen LogP contribution in [0, 0.1) is 12.8 Å².